The summed E-state index contributed by atoms with van der Waals surface area (Å²) in [5.41, 5.74) is 4.31. The van der Waals surface area contributed by atoms with Crippen LogP contribution in [0.5, 0.6) is 0 Å². The Bertz CT molecular complexity index is 604. The molecule has 0 radical (unpaired) electrons. The highest BCUT2D eigenvalue weighted by atomic mass is 79.9. The molecule has 1 unspecified atom stereocenters. The minimum Gasteiger partial charge on any atom is -0.113 e. The zero-order chi connectivity index (χ0) is 14.2. The predicted molar refractivity (Wildman–Crippen MR) is 90.5 cm³/mol. The van der Waals surface area contributed by atoms with E-state index in [0.717, 1.165) is 25.6 Å². The van der Waals surface area contributed by atoms with Gasteiger partial charge >= 0.3 is 0 Å². The fourth-order valence-electron chi connectivity index (χ4n) is 1.95. The van der Waals surface area contributed by atoms with Crippen LogP contribution in [-0.4, -0.2) is 0 Å². The van der Waals surface area contributed by atoms with Crippen molar-refractivity contribution in [3.63, 3.8) is 0 Å². The van der Waals surface area contributed by atoms with Crippen LogP contribution in [0.25, 0.3) is 0 Å². The van der Waals surface area contributed by atoms with E-state index in [0.29, 0.717) is 5.02 Å². The third-order valence-electron chi connectivity index (χ3n) is 2.91. The summed E-state index contributed by atoms with van der Waals surface area (Å²) in [5.74, 6) is 0. The molecule has 0 bridgehead atoms. The SMILES string of the molecule is Cc1cc(Cl)cc(C(Cl)c2cc(Br)c(C)cc2Br)c1. The van der Waals surface area contributed by atoms with Crippen molar-refractivity contribution in [2.24, 2.45) is 0 Å². The van der Waals surface area contributed by atoms with Crippen molar-refractivity contribution in [2.45, 2.75) is 19.2 Å². The van der Waals surface area contributed by atoms with Gasteiger partial charge in [0.05, 0.1) is 5.38 Å². The van der Waals surface area contributed by atoms with Crippen LogP contribution < -0.4 is 0 Å². The molecule has 0 aromatic heterocycles. The minimum atomic E-state index is -0.233. The van der Waals surface area contributed by atoms with E-state index in [1.807, 2.05) is 32.0 Å². The summed E-state index contributed by atoms with van der Waals surface area (Å²) in [6, 6.07) is 10.0. The Labute approximate surface area is 140 Å². The fourth-order valence-corrected chi connectivity index (χ4v) is 3.73. The molecule has 4 heteroatoms. The maximum atomic E-state index is 6.60. The van der Waals surface area contributed by atoms with Crippen molar-refractivity contribution in [1.29, 1.82) is 0 Å². The van der Waals surface area contributed by atoms with Crippen LogP contribution in [0.3, 0.4) is 0 Å². The van der Waals surface area contributed by atoms with Crippen LogP contribution in [0.4, 0.5) is 0 Å². The van der Waals surface area contributed by atoms with Gasteiger partial charge < -0.3 is 0 Å². The van der Waals surface area contributed by atoms with E-state index in [-0.39, 0.29) is 5.38 Å². The minimum absolute atomic E-state index is 0.233. The molecule has 0 aliphatic heterocycles. The predicted octanol–water partition coefficient (Wildman–Crippen LogP) is 6.81. The van der Waals surface area contributed by atoms with Gasteiger partial charge in [-0.1, -0.05) is 49.5 Å². The van der Waals surface area contributed by atoms with Crippen molar-refractivity contribution >= 4 is 55.1 Å². The number of halogens is 4. The number of alkyl halides is 1. The molecular weight excluding hydrogens is 411 g/mol. The fraction of sp³-hybridized carbons (Fsp3) is 0.200. The molecule has 2 aromatic rings. The summed E-state index contributed by atoms with van der Waals surface area (Å²) in [4.78, 5) is 0. The van der Waals surface area contributed by atoms with Gasteiger partial charge in [-0.05, 0) is 60.4 Å². The normalized spacial score (nSPS) is 12.5. The van der Waals surface area contributed by atoms with E-state index in [1.54, 1.807) is 0 Å². The summed E-state index contributed by atoms with van der Waals surface area (Å²) in [7, 11) is 0. The average Bonchev–Trinajstić information content (AvgIpc) is 2.31. The van der Waals surface area contributed by atoms with Crippen LogP contribution in [0.15, 0.2) is 39.3 Å². The van der Waals surface area contributed by atoms with Gasteiger partial charge in [0.25, 0.3) is 0 Å². The monoisotopic (exact) mass is 420 g/mol. The summed E-state index contributed by atoms with van der Waals surface area (Å²) in [6.07, 6.45) is 0. The van der Waals surface area contributed by atoms with Crippen molar-refractivity contribution in [3.8, 4) is 0 Å². The molecular formula is C15H12Br2Cl2. The Kier molecular flexibility index (Phi) is 4.99. The van der Waals surface area contributed by atoms with Gasteiger partial charge in [0.2, 0.25) is 0 Å². The number of rotatable bonds is 2. The lowest BCUT2D eigenvalue weighted by molar-refractivity contribution is 1.11. The van der Waals surface area contributed by atoms with Gasteiger partial charge in [-0.25, -0.2) is 0 Å². The summed E-state index contributed by atoms with van der Waals surface area (Å²) >= 11 is 19.8. The Balaban J connectivity index is 2.49. The third-order valence-corrected chi connectivity index (χ3v) is 5.15. The molecule has 0 heterocycles. The first-order chi connectivity index (χ1) is 8.88. The first-order valence-corrected chi connectivity index (χ1v) is 8.15. The Hall–Kier alpha value is -0.0200. The zero-order valence-corrected chi connectivity index (χ0v) is 15.2. The number of hydrogen-bond acceptors (Lipinski definition) is 0. The van der Waals surface area contributed by atoms with E-state index in [2.05, 4.69) is 44.0 Å². The molecule has 0 aliphatic rings. The van der Waals surface area contributed by atoms with Gasteiger partial charge in [-0.2, -0.15) is 0 Å². The maximum Gasteiger partial charge on any atom is 0.0847 e. The molecule has 0 amide bonds. The first-order valence-electron chi connectivity index (χ1n) is 5.75. The van der Waals surface area contributed by atoms with Gasteiger partial charge in [-0.15, -0.1) is 11.6 Å². The molecule has 2 rings (SSSR count). The van der Waals surface area contributed by atoms with Crippen LogP contribution in [0.1, 0.15) is 27.6 Å². The number of hydrogen-bond donors (Lipinski definition) is 0. The topological polar surface area (TPSA) is 0 Å². The molecule has 19 heavy (non-hydrogen) atoms. The summed E-state index contributed by atoms with van der Waals surface area (Å²) in [6.45, 7) is 4.06. The number of benzene rings is 2. The Morgan fingerprint density at radius 1 is 0.947 bits per heavy atom. The summed E-state index contributed by atoms with van der Waals surface area (Å²) in [5, 5.41) is 0.478. The highest BCUT2D eigenvalue weighted by Gasteiger charge is 2.16. The van der Waals surface area contributed by atoms with Crippen LogP contribution >= 0.6 is 55.1 Å². The van der Waals surface area contributed by atoms with Crippen molar-refractivity contribution in [3.05, 3.63) is 66.6 Å². The highest BCUT2D eigenvalue weighted by molar-refractivity contribution is 9.11. The largest absolute Gasteiger partial charge is 0.113 e. The second-order valence-electron chi connectivity index (χ2n) is 4.55. The lowest BCUT2D eigenvalue weighted by Gasteiger charge is -2.15. The van der Waals surface area contributed by atoms with E-state index in [4.69, 9.17) is 23.2 Å². The molecule has 2 aromatic carbocycles. The molecule has 0 saturated carbocycles. The molecule has 100 valence electrons. The van der Waals surface area contributed by atoms with Gasteiger partial charge in [-0.3, -0.25) is 0 Å². The average molecular weight is 423 g/mol. The molecule has 0 fully saturated rings. The van der Waals surface area contributed by atoms with Crippen molar-refractivity contribution in [2.75, 3.05) is 0 Å². The molecule has 0 N–H and O–H groups in total. The number of aryl methyl sites for hydroxylation is 2. The molecule has 1 atom stereocenters. The van der Waals surface area contributed by atoms with Gasteiger partial charge in [0.1, 0.15) is 0 Å². The lowest BCUT2D eigenvalue weighted by atomic mass is 10.0. The quantitative estimate of drug-likeness (QED) is 0.466. The van der Waals surface area contributed by atoms with Gasteiger partial charge in [0.15, 0.2) is 0 Å². The molecule has 0 nitrogen and oxygen atoms in total. The van der Waals surface area contributed by atoms with Crippen molar-refractivity contribution < 1.29 is 0 Å². The van der Waals surface area contributed by atoms with Gasteiger partial charge in [0, 0.05) is 14.0 Å². The second kappa shape index (κ2) is 6.17. The van der Waals surface area contributed by atoms with Crippen molar-refractivity contribution in [1.82, 2.24) is 0 Å². The zero-order valence-electron chi connectivity index (χ0n) is 10.5. The van der Waals surface area contributed by atoms with Crippen LogP contribution in [0.2, 0.25) is 5.02 Å². The van der Waals surface area contributed by atoms with E-state index in [1.165, 1.54) is 5.56 Å². The van der Waals surface area contributed by atoms with E-state index < -0.39 is 0 Å². The smallest absolute Gasteiger partial charge is 0.0847 e. The Morgan fingerprint density at radius 2 is 1.63 bits per heavy atom. The summed E-state index contributed by atoms with van der Waals surface area (Å²) < 4.78 is 2.06. The van der Waals surface area contributed by atoms with E-state index in [9.17, 15) is 0 Å². The third kappa shape index (κ3) is 3.55. The lowest BCUT2D eigenvalue weighted by Crippen LogP contribution is -1.96. The second-order valence-corrected chi connectivity index (χ2v) is 7.13. The standard InChI is InChI=1S/C15H12Br2Cl2/c1-8-3-10(6-11(18)4-8)15(19)12-7-13(16)9(2)5-14(12)17/h3-7,15H,1-2H3. The van der Waals surface area contributed by atoms with Crippen LogP contribution in [-0.2, 0) is 0 Å². The molecule has 0 aliphatic carbocycles. The van der Waals surface area contributed by atoms with Crippen LogP contribution in [0, 0.1) is 13.8 Å². The Morgan fingerprint density at radius 3 is 2.26 bits per heavy atom. The molecule has 0 spiro atoms. The maximum absolute atomic E-state index is 6.60. The highest BCUT2D eigenvalue weighted by Crippen LogP contribution is 2.37. The molecule has 0 saturated heterocycles. The van der Waals surface area contributed by atoms with E-state index >= 15 is 0 Å². The first kappa shape index (κ1) is 15.4.